The number of benzene rings is 1. The van der Waals surface area contributed by atoms with Crippen molar-refractivity contribution in [3.05, 3.63) is 33.2 Å². The zero-order valence-electron chi connectivity index (χ0n) is 7.93. The number of aryl methyl sites for hydroxylation is 2. The van der Waals surface area contributed by atoms with E-state index in [9.17, 15) is 4.91 Å². The summed E-state index contributed by atoms with van der Waals surface area (Å²) >= 11 is 0. The average Bonchev–Trinajstić information content (AvgIpc) is 2.02. The van der Waals surface area contributed by atoms with E-state index >= 15 is 0 Å². The maximum absolute atomic E-state index is 10.5. The van der Waals surface area contributed by atoms with Crippen LogP contribution in [0.1, 0.15) is 22.3 Å². The molecule has 1 aromatic carbocycles. The van der Waals surface area contributed by atoms with Crippen molar-refractivity contribution in [3.8, 4) is 0 Å². The number of rotatable bonds is 1. The molecule has 1 aromatic rings. The fourth-order valence-electron chi connectivity index (χ4n) is 1.33. The zero-order chi connectivity index (χ0) is 9.30. The molecular formula is C10H13NO. The molecule has 1 rings (SSSR count). The van der Waals surface area contributed by atoms with Crippen molar-refractivity contribution in [1.29, 1.82) is 0 Å². The predicted molar refractivity (Wildman–Crippen MR) is 50.8 cm³/mol. The summed E-state index contributed by atoms with van der Waals surface area (Å²) in [5, 5.41) is 3.04. The van der Waals surface area contributed by atoms with E-state index in [0.29, 0.717) is 5.69 Å². The lowest BCUT2D eigenvalue weighted by molar-refractivity contribution is 1.22. The van der Waals surface area contributed by atoms with Gasteiger partial charge in [0.05, 0.1) is 0 Å². The molecular weight excluding hydrogens is 150 g/mol. The third-order valence-electron chi connectivity index (χ3n) is 2.42. The van der Waals surface area contributed by atoms with Gasteiger partial charge in [-0.2, -0.15) is 0 Å². The van der Waals surface area contributed by atoms with Gasteiger partial charge in [0.2, 0.25) is 0 Å². The van der Waals surface area contributed by atoms with Crippen molar-refractivity contribution in [2.75, 3.05) is 0 Å². The first-order valence-corrected chi connectivity index (χ1v) is 3.98. The molecule has 0 aliphatic rings. The lowest BCUT2D eigenvalue weighted by Crippen LogP contribution is -1.89. The topological polar surface area (TPSA) is 29.4 Å². The smallest absolute Gasteiger partial charge is 0.114 e. The summed E-state index contributed by atoms with van der Waals surface area (Å²) in [5.74, 6) is 0. The molecule has 12 heavy (non-hydrogen) atoms. The fourth-order valence-corrected chi connectivity index (χ4v) is 1.33. The van der Waals surface area contributed by atoms with E-state index in [2.05, 4.69) is 11.2 Å². The van der Waals surface area contributed by atoms with Crippen LogP contribution >= 0.6 is 0 Å². The summed E-state index contributed by atoms with van der Waals surface area (Å²) in [4.78, 5) is 10.5. The summed E-state index contributed by atoms with van der Waals surface area (Å²) in [6.45, 7) is 7.85. The van der Waals surface area contributed by atoms with Gasteiger partial charge in [0.15, 0.2) is 0 Å². The second-order valence-electron chi connectivity index (χ2n) is 3.20. The molecule has 0 aliphatic carbocycles. The van der Waals surface area contributed by atoms with E-state index in [-0.39, 0.29) is 0 Å². The average molecular weight is 163 g/mol. The van der Waals surface area contributed by atoms with E-state index in [1.54, 1.807) is 0 Å². The first kappa shape index (κ1) is 8.91. The Balaban J connectivity index is 3.52. The SMILES string of the molecule is Cc1cc(C)c(C)c(N=O)c1C. The highest BCUT2D eigenvalue weighted by atomic mass is 16.3. The highest BCUT2D eigenvalue weighted by molar-refractivity contribution is 5.57. The van der Waals surface area contributed by atoms with E-state index in [1.165, 1.54) is 0 Å². The monoisotopic (exact) mass is 163 g/mol. The van der Waals surface area contributed by atoms with Crippen LogP contribution in [0, 0.1) is 32.6 Å². The van der Waals surface area contributed by atoms with Crippen LogP contribution in [-0.4, -0.2) is 0 Å². The van der Waals surface area contributed by atoms with Crippen molar-refractivity contribution in [2.24, 2.45) is 5.18 Å². The van der Waals surface area contributed by atoms with E-state index in [4.69, 9.17) is 0 Å². The highest BCUT2D eigenvalue weighted by Gasteiger charge is 2.07. The summed E-state index contributed by atoms with van der Waals surface area (Å²) in [6.07, 6.45) is 0. The Kier molecular flexibility index (Phi) is 2.27. The second kappa shape index (κ2) is 3.05. The van der Waals surface area contributed by atoms with Gasteiger partial charge in [0.1, 0.15) is 5.69 Å². The summed E-state index contributed by atoms with van der Waals surface area (Å²) < 4.78 is 0. The van der Waals surface area contributed by atoms with Crippen LogP contribution < -0.4 is 0 Å². The Hall–Kier alpha value is -1.18. The Labute approximate surface area is 72.6 Å². The minimum atomic E-state index is 0.604. The number of nitroso groups, excluding NO2 is 1. The number of hydrogen-bond acceptors (Lipinski definition) is 2. The summed E-state index contributed by atoms with van der Waals surface area (Å²) in [7, 11) is 0. The lowest BCUT2D eigenvalue weighted by Gasteiger charge is -2.08. The van der Waals surface area contributed by atoms with Gasteiger partial charge in [-0.3, -0.25) is 0 Å². The maximum Gasteiger partial charge on any atom is 0.114 e. The first-order valence-electron chi connectivity index (χ1n) is 3.98. The predicted octanol–water partition coefficient (Wildman–Crippen LogP) is 3.32. The van der Waals surface area contributed by atoms with Crippen LogP contribution in [0.25, 0.3) is 0 Å². The fraction of sp³-hybridized carbons (Fsp3) is 0.400. The van der Waals surface area contributed by atoms with E-state index in [1.807, 2.05) is 27.7 Å². The molecule has 2 heteroatoms. The molecule has 0 radical (unpaired) electrons. The molecule has 0 heterocycles. The van der Waals surface area contributed by atoms with Crippen molar-refractivity contribution in [3.63, 3.8) is 0 Å². The number of hydrogen-bond donors (Lipinski definition) is 0. The van der Waals surface area contributed by atoms with Crippen molar-refractivity contribution < 1.29 is 0 Å². The Bertz CT molecular complexity index is 303. The Morgan fingerprint density at radius 3 is 1.75 bits per heavy atom. The zero-order valence-corrected chi connectivity index (χ0v) is 7.93. The minimum Gasteiger partial charge on any atom is -0.145 e. The Morgan fingerprint density at radius 1 is 1.00 bits per heavy atom. The van der Waals surface area contributed by atoms with Gasteiger partial charge >= 0.3 is 0 Å². The maximum atomic E-state index is 10.5. The molecule has 0 spiro atoms. The normalized spacial score (nSPS) is 10.0. The molecule has 0 bridgehead atoms. The molecule has 0 unspecified atom stereocenters. The molecule has 0 atom stereocenters. The van der Waals surface area contributed by atoms with Crippen LogP contribution in [0.4, 0.5) is 5.69 Å². The molecule has 0 N–H and O–H groups in total. The largest absolute Gasteiger partial charge is 0.145 e. The van der Waals surface area contributed by atoms with Crippen LogP contribution in [0.3, 0.4) is 0 Å². The van der Waals surface area contributed by atoms with Gasteiger partial charge in [-0.25, -0.2) is 0 Å². The molecule has 0 fully saturated rings. The van der Waals surface area contributed by atoms with Gasteiger partial charge in [0.25, 0.3) is 0 Å². The van der Waals surface area contributed by atoms with Crippen LogP contribution in [0.15, 0.2) is 11.2 Å². The molecule has 0 saturated heterocycles. The lowest BCUT2D eigenvalue weighted by atomic mass is 9.99. The second-order valence-corrected chi connectivity index (χ2v) is 3.20. The molecule has 0 aliphatic heterocycles. The highest BCUT2D eigenvalue weighted by Crippen LogP contribution is 2.28. The molecule has 64 valence electrons. The molecule has 0 amide bonds. The first-order chi connectivity index (χ1) is 5.57. The minimum absolute atomic E-state index is 0.604. The van der Waals surface area contributed by atoms with Crippen LogP contribution in [0.2, 0.25) is 0 Å². The summed E-state index contributed by atoms with van der Waals surface area (Å²) in [5.41, 5.74) is 4.86. The van der Waals surface area contributed by atoms with Gasteiger partial charge in [-0.1, -0.05) is 6.07 Å². The van der Waals surface area contributed by atoms with Gasteiger partial charge < -0.3 is 0 Å². The quantitative estimate of drug-likeness (QED) is 0.584. The van der Waals surface area contributed by atoms with Crippen LogP contribution in [0.5, 0.6) is 0 Å². The summed E-state index contributed by atoms with van der Waals surface area (Å²) in [6, 6.07) is 2.08. The Morgan fingerprint density at radius 2 is 1.42 bits per heavy atom. The third-order valence-corrected chi connectivity index (χ3v) is 2.42. The number of nitrogens with zero attached hydrogens (tertiary/aromatic N) is 1. The van der Waals surface area contributed by atoms with Gasteiger partial charge in [-0.05, 0) is 55.1 Å². The van der Waals surface area contributed by atoms with E-state index < -0.39 is 0 Å². The molecule has 0 aromatic heterocycles. The van der Waals surface area contributed by atoms with Crippen molar-refractivity contribution in [1.82, 2.24) is 0 Å². The standard InChI is InChI=1S/C10H13NO/c1-6-5-7(2)9(4)10(11-12)8(6)3/h5H,1-4H3. The van der Waals surface area contributed by atoms with Gasteiger partial charge in [0, 0.05) is 0 Å². The molecule has 0 saturated carbocycles. The molecule has 2 nitrogen and oxygen atoms in total. The van der Waals surface area contributed by atoms with Crippen LogP contribution in [-0.2, 0) is 0 Å². The third kappa shape index (κ3) is 1.24. The van der Waals surface area contributed by atoms with Gasteiger partial charge in [-0.15, -0.1) is 4.91 Å². The van der Waals surface area contributed by atoms with Crippen molar-refractivity contribution >= 4 is 5.69 Å². The van der Waals surface area contributed by atoms with Crippen molar-refractivity contribution in [2.45, 2.75) is 27.7 Å². The van der Waals surface area contributed by atoms with E-state index in [0.717, 1.165) is 22.3 Å².